The monoisotopic (exact) mass is 360 g/mol. The molecular formula is C19H21ClN2O3. The molecule has 0 amide bonds. The molecule has 1 atom stereocenters. The highest BCUT2D eigenvalue weighted by Gasteiger charge is 2.37. The molecular weight excluding hydrogens is 340 g/mol. The number of nitrogens with one attached hydrogen (secondary N) is 1. The molecule has 0 saturated heterocycles. The second-order valence-corrected chi connectivity index (χ2v) is 6.39. The van der Waals surface area contributed by atoms with Gasteiger partial charge in [0.15, 0.2) is 5.70 Å². The fourth-order valence-corrected chi connectivity index (χ4v) is 3.07. The second-order valence-electron chi connectivity index (χ2n) is 5.98. The van der Waals surface area contributed by atoms with E-state index in [9.17, 15) is 4.79 Å². The zero-order chi connectivity index (χ0) is 18.6. The molecule has 0 aromatic heterocycles. The lowest BCUT2D eigenvalue weighted by Gasteiger charge is -2.30. The molecule has 0 saturated carbocycles. The Labute approximate surface area is 153 Å². The molecule has 0 aliphatic carbocycles. The molecule has 25 heavy (non-hydrogen) atoms. The molecule has 0 radical (unpaired) electrons. The predicted octanol–water partition coefficient (Wildman–Crippen LogP) is 4.03. The van der Waals surface area contributed by atoms with Gasteiger partial charge in [0.25, 0.3) is 0 Å². The van der Waals surface area contributed by atoms with Crippen LogP contribution in [-0.2, 0) is 14.3 Å². The fraction of sp³-hybridized carbons (Fsp3) is 0.368. The van der Waals surface area contributed by atoms with E-state index in [1.165, 1.54) is 0 Å². The number of ether oxygens (including phenoxy) is 2. The van der Waals surface area contributed by atoms with E-state index in [1.807, 2.05) is 18.2 Å². The second kappa shape index (κ2) is 8.19. The summed E-state index contributed by atoms with van der Waals surface area (Å²) >= 11 is 6.38. The highest BCUT2D eigenvalue weighted by Crippen LogP contribution is 2.41. The number of methoxy groups -OCH3 is 1. The summed E-state index contributed by atoms with van der Waals surface area (Å²) in [5.74, 6) is -1.07. The molecule has 0 bridgehead atoms. The Morgan fingerprint density at radius 1 is 1.40 bits per heavy atom. The first-order chi connectivity index (χ1) is 11.9. The molecule has 1 N–H and O–H groups in total. The van der Waals surface area contributed by atoms with Gasteiger partial charge in [-0.2, -0.15) is 0 Å². The van der Waals surface area contributed by atoms with E-state index in [1.54, 1.807) is 33.9 Å². The van der Waals surface area contributed by atoms with Gasteiger partial charge >= 0.3 is 5.97 Å². The summed E-state index contributed by atoms with van der Waals surface area (Å²) in [6.07, 6.45) is -0.279. The van der Waals surface area contributed by atoms with Gasteiger partial charge in [-0.3, -0.25) is 0 Å². The number of dihydropyridines is 1. The maximum Gasteiger partial charge on any atom is 0.335 e. The molecule has 5 nitrogen and oxygen atoms in total. The Balaban J connectivity index is 2.68. The minimum atomic E-state index is -0.594. The van der Waals surface area contributed by atoms with Crippen LogP contribution in [0.5, 0.6) is 0 Å². The van der Waals surface area contributed by atoms with Crippen molar-refractivity contribution in [2.75, 3.05) is 13.7 Å². The summed E-state index contributed by atoms with van der Waals surface area (Å²) in [4.78, 5) is 16.5. The van der Waals surface area contributed by atoms with Crippen LogP contribution in [0.1, 0.15) is 32.3 Å². The van der Waals surface area contributed by atoms with Crippen LogP contribution in [0.3, 0.4) is 0 Å². The number of halogens is 1. The van der Waals surface area contributed by atoms with E-state index in [-0.39, 0.29) is 12.7 Å². The molecule has 1 aliphatic rings. The number of nitrogens with zero attached hydrogens (tertiary/aromatic N) is 1. The minimum absolute atomic E-state index is 0.200. The first-order valence-electron chi connectivity index (χ1n) is 7.93. The number of carbonyl (C=O) groups is 1. The van der Waals surface area contributed by atoms with Gasteiger partial charge in [0, 0.05) is 17.8 Å². The van der Waals surface area contributed by atoms with Crippen LogP contribution < -0.4 is 5.32 Å². The number of esters is 1. The van der Waals surface area contributed by atoms with Gasteiger partial charge < -0.3 is 14.8 Å². The van der Waals surface area contributed by atoms with Crippen molar-refractivity contribution in [2.45, 2.75) is 32.8 Å². The number of hydrogen-bond donors (Lipinski definition) is 1. The van der Waals surface area contributed by atoms with Crippen molar-refractivity contribution < 1.29 is 14.3 Å². The van der Waals surface area contributed by atoms with Crippen LogP contribution in [-0.4, -0.2) is 25.8 Å². The van der Waals surface area contributed by atoms with E-state index >= 15 is 0 Å². The molecule has 1 heterocycles. The minimum Gasteiger partial charge on any atom is -0.460 e. The van der Waals surface area contributed by atoms with Gasteiger partial charge in [-0.1, -0.05) is 29.8 Å². The number of carbonyl (C=O) groups excluding carboxylic acids is 1. The summed E-state index contributed by atoms with van der Waals surface area (Å²) in [6, 6.07) is 7.22. The molecule has 6 heteroatoms. The van der Waals surface area contributed by atoms with Crippen LogP contribution in [0.4, 0.5) is 0 Å². The molecule has 1 aromatic rings. The van der Waals surface area contributed by atoms with E-state index in [2.05, 4.69) is 10.2 Å². The number of benzene rings is 1. The zero-order valence-electron chi connectivity index (χ0n) is 14.7. The normalized spacial score (nSPS) is 17.4. The fourth-order valence-electron chi connectivity index (χ4n) is 2.82. The van der Waals surface area contributed by atoms with Gasteiger partial charge in [0.1, 0.15) is 0 Å². The third kappa shape index (κ3) is 4.04. The largest absolute Gasteiger partial charge is 0.460 e. The van der Waals surface area contributed by atoms with Crippen molar-refractivity contribution in [1.82, 2.24) is 5.32 Å². The van der Waals surface area contributed by atoms with E-state index in [4.69, 9.17) is 27.6 Å². The summed E-state index contributed by atoms with van der Waals surface area (Å²) in [6.45, 7) is 13.2. The summed E-state index contributed by atoms with van der Waals surface area (Å²) in [5.41, 5.74) is 2.74. The average Bonchev–Trinajstić information content (AvgIpc) is 2.54. The van der Waals surface area contributed by atoms with Crippen LogP contribution in [0.15, 0.2) is 46.9 Å². The molecule has 1 aliphatic heterocycles. The van der Waals surface area contributed by atoms with Crippen LogP contribution >= 0.6 is 11.6 Å². The lowest BCUT2D eigenvalue weighted by molar-refractivity contribution is -0.143. The van der Waals surface area contributed by atoms with E-state index < -0.39 is 11.9 Å². The predicted molar refractivity (Wildman–Crippen MR) is 96.8 cm³/mol. The van der Waals surface area contributed by atoms with Crippen molar-refractivity contribution in [1.29, 1.82) is 0 Å². The van der Waals surface area contributed by atoms with Gasteiger partial charge in [-0.15, -0.1) is 0 Å². The smallest absolute Gasteiger partial charge is 0.335 e. The highest BCUT2D eigenvalue weighted by molar-refractivity contribution is 6.31. The first-order valence-corrected chi connectivity index (χ1v) is 8.31. The molecule has 1 aromatic carbocycles. The van der Waals surface area contributed by atoms with Gasteiger partial charge in [-0.05, 0) is 32.4 Å². The molecule has 2 rings (SSSR count). The average molecular weight is 361 g/mol. The molecule has 132 valence electrons. The first kappa shape index (κ1) is 19.0. The van der Waals surface area contributed by atoms with E-state index in [0.29, 0.717) is 33.3 Å². The Bertz CT molecular complexity index is 775. The Morgan fingerprint density at radius 2 is 2.08 bits per heavy atom. The summed E-state index contributed by atoms with van der Waals surface area (Å²) < 4.78 is 10.7. The Morgan fingerprint density at radius 3 is 2.64 bits per heavy atom. The molecule has 0 fully saturated rings. The van der Waals surface area contributed by atoms with Crippen LogP contribution in [0.25, 0.3) is 4.85 Å². The van der Waals surface area contributed by atoms with Crippen LogP contribution in [0, 0.1) is 6.57 Å². The standard InChI is InChI=1S/C19H21ClN2O3/c1-11(2)25-19(23)17-15(10-24-5)22-12(3)18(21-4)16(17)13-8-6-7-9-14(13)20/h6-9,11,16,22H,10H2,1-3,5H3. The van der Waals surface area contributed by atoms with Crippen molar-refractivity contribution >= 4 is 17.6 Å². The lowest BCUT2D eigenvalue weighted by atomic mass is 9.84. The van der Waals surface area contributed by atoms with Crippen molar-refractivity contribution in [2.24, 2.45) is 0 Å². The molecule has 0 spiro atoms. The zero-order valence-corrected chi connectivity index (χ0v) is 15.5. The highest BCUT2D eigenvalue weighted by atomic mass is 35.5. The topological polar surface area (TPSA) is 51.9 Å². The van der Waals surface area contributed by atoms with E-state index in [0.717, 1.165) is 0 Å². The summed E-state index contributed by atoms with van der Waals surface area (Å²) in [7, 11) is 1.55. The van der Waals surface area contributed by atoms with Gasteiger partial charge in [-0.25, -0.2) is 9.64 Å². The lowest BCUT2D eigenvalue weighted by Crippen LogP contribution is -2.32. The van der Waals surface area contributed by atoms with Crippen LogP contribution in [0.2, 0.25) is 5.02 Å². The quantitative estimate of drug-likeness (QED) is 0.636. The SMILES string of the molecule is [C-]#[N+]C1=C(C)NC(COC)=C(C(=O)OC(C)C)C1c1ccccc1Cl. The maximum atomic E-state index is 12.8. The van der Waals surface area contributed by atoms with Gasteiger partial charge in [0.2, 0.25) is 0 Å². The molecule has 1 unspecified atom stereocenters. The number of allylic oxidation sites excluding steroid dienone is 2. The third-order valence-corrected chi connectivity index (χ3v) is 4.14. The summed E-state index contributed by atoms with van der Waals surface area (Å²) in [5, 5.41) is 3.61. The van der Waals surface area contributed by atoms with Crippen molar-refractivity contribution in [3.8, 4) is 0 Å². The van der Waals surface area contributed by atoms with Gasteiger partial charge in [0.05, 0.1) is 36.5 Å². The Kier molecular flexibility index (Phi) is 6.24. The Hall–Kier alpha value is -2.29. The number of hydrogen-bond acceptors (Lipinski definition) is 4. The third-order valence-electron chi connectivity index (χ3n) is 3.80. The van der Waals surface area contributed by atoms with Crippen molar-refractivity contribution in [3.05, 3.63) is 68.9 Å². The van der Waals surface area contributed by atoms with Crippen molar-refractivity contribution in [3.63, 3.8) is 0 Å². The number of rotatable bonds is 5. The maximum absolute atomic E-state index is 12.8.